The number of hydrogen-bond donors (Lipinski definition) is 2. The van der Waals surface area contributed by atoms with Crippen molar-refractivity contribution in [3.8, 4) is 11.6 Å². The van der Waals surface area contributed by atoms with Crippen molar-refractivity contribution in [3.05, 3.63) is 24.0 Å². The quantitative estimate of drug-likeness (QED) is 0.612. The summed E-state index contributed by atoms with van der Waals surface area (Å²) in [6.45, 7) is 1.68. The average molecular weight is 164 g/mol. The van der Waals surface area contributed by atoms with E-state index in [0.29, 0.717) is 11.3 Å². The van der Waals surface area contributed by atoms with E-state index in [0.717, 1.165) is 0 Å². The van der Waals surface area contributed by atoms with Crippen molar-refractivity contribution in [1.82, 2.24) is 9.38 Å². The first kappa shape index (κ1) is 6.97. The van der Waals surface area contributed by atoms with E-state index >= 15 is 0 Å². The fourth-order valence-electron chi connectivity index (χ4n) is 1.15. The van der Waals surface area contributed by atoms with Gasteiger partial charge in [0.1, 0.15) is 5.69 Å². The van der Waals surface area contributed by atoms with Crippen LogP contribution in [0, 0.1) is 6.92 Å². The minimum Gasteiger partial charge on any atom is -0.504 e. The molecule has 12 heavy (non-hydrogen) atoms. The zero-order valence-electron chi connectivity index (χ0n) is 6.52. The predicted octanol–water partition coefficient (Wildman–Crippen LogP) is 1.05. The number of aryl methyl sites for hydroxylation is 1. The summed E-state index contributed by atoms with van der Waals surface area (Å²) in [5.41, 5.74) is 0.893. The molecule has 4 heteroatoms. The smallest absolute Gasteiger partial charge is 0.219 e. The van der Waals surface area contributed by atoms with Crippen molar-refractivity contribution >= 4 is 5.65 Å². The Hall–Kier alpha value is -1.71. The lowest BCUT2D eigenvalue weighted by molar-refractivity contribution is 0.441. The second-order valence-corrected chi connectivity index (χ2v) is 2.61. The number of fused-ring (bicyclic) bond motifs is 1. The van der Waals surface area contributed by atoms with Gasteiger partial charge >= 0.3 is 0 Å². The second kappa shape index (κ2) is 2.14. The molecule has 0 radical (unpaired) electrons. The maximum atomic E-state index is 9.41. The standard InChI is InChI=1S/C8H8N2O2/c1-5-8(12)10-4-2-3-6(11)7(10)9-5/h2-4,11-12H,1H3. The van der Waals surface area contributed by atoms with Crippen LogP contribution in [0.25, 0.3) is 5.65 Å². The van der Waals surface area contributed by atoms with Crippen molar-refractivity contribution < 1.29 is 10.2 Å². The lowest BCUT2D eigenvalue weighted by atomic mass is 10.4. The van der Waals surface area contributed by atoms with Crippen LogP contribution in [0.4, 0.5) is 0 Å². The zero-order valence-corrected chi connectivity index (χ0v) is 6.52. The van der Waals surface area contributed by atoms with Gasteiger partial charge in [-0.05, 0) is 19.1 Å². The van der Waals surface area contributed by atoms with Crippen LogP contribution in [0.2, 0.25) is 0 Å². The van der Waals surface area contributed by atoms with Gasteiger partial charge in [-0.25, -0.2) is 4.98 Å². The van der Waals surface area contributed by atoms with Gasteiger partial charge in [-0.3, -0.25) is 4.40 Å². The van der Waals surface area contributed by atoms with E-state index in [4.69, 9.17) is 0 Å². The Labute approximate surface area is 68.7 Å². The molecular weight excluding hydrogens is 156 g/mol. The number of rotatable bonds is 0. The van der Waals surface area contributed by atoms with Gasteiger partial charge < -0.3 is 10.2 Å². The van der Waals surface area contributed by atoms with Gasteiger partial charge in [0, 0.05) is 6.20 Å². The molecule has 0 fully saturated rings. The minimum atomic E-state index is 0.0703. The third kappa shape index (κ3) is 0.747. The van der Waals surface area contributed by atoms with Crippen molar-refractivity contribution in [2.24, 2.45) is 0 Å². The molecular formula is C8H8N2O2. The van der Waals surface area contributed by atoms with E-state index in [1.807, 2.05) is 0 Å². The van der Waals surface area contributed by atoms with Gasteiger partial charge in [0.2, 0.25) is 5.88 Å². The van der Waals surface area contributed by atoms with Crippen LogP contribution in [0.1, 0.15) is 5.69 Å². The summed E-state index contributed by atoms with van der Waals surface area (Å²) in [4.78, 5) is 3.98. The van der Waals surface area contributed by atoms with Crippen LogP contribution in [-0.4, -0.2) is 19.6 Å². The Bertz CT molecular complexity index is 434. The summed E-state index contributed by atoms with van der Waals surface area (Å²) in [7, 11) is 0. The van der Waals surface area contributed by atoms with Gasteiger partial charge in [-0.15, -0.1) is 0 Å². The topological polar surface area (TPSA) is 57.8 Å². The average Bonchev–Trinajstić information content (AvgIpc) is 2.32. The molecule has 0 spiro atoms. The predicted molar refractivity (Wildman–Crippen MR) is 43.3 cm³/mol. The van der Waals surface area contributed by atoms with Crippen molar-refractivity contribution in [2.75, 3.05) is 0 Å². The van der Waals surface area contributed by atoms with Crippen molar-refractivity contribution in [3.63, 3.8) is 0 Å². The Morgan fingerprint density at radius 3 is 2.83 bits per heavy atom. The number of nitrogens with zero attached hydrogens (tertiary/aromatic N) is 2. The lowest BCUT2D eigenvalue weighted by Gasteiger charge is -1.95. The van der Waals surface area contributed by atoms with E-state index in [2.05, 4.69) is 4.98 Å². The number of hydrogen-bond acceptors (Lipinski definition) is 3. The zero-order chi connectivity index (χ0) is 8.72. The lowest BCUT2D eigenvalue weighted by Crippen LogP contribution is -1.82. The molecule has 0 saturated heterocycles. The van der Waals surface area contributed by atoms with Crippen LogP contribution in [-0.2, 0) is 0 Å². The van der Waals surface area contributed by atoms with Gasteiger partial charge in [0.25, 0.3) is 0 Å². The van der Waals surface area contributed by atoms with Crippen LogP contribution >= 0.6 is 0 Å². The normalized spacial score (nSPS) is 10.8. The van der Waals surface area contributed by atoms with Crippen LogP contribution in [0.5, 0.6) is 11.6 Å². The first-order valence-electron chi connectivity index (χ1n) is 3.56. The summed E-state index contributed by atoms with van der Waals surface area (Å²) < 4.78 is 1.44. The third-order valence-electron chi connectivity index (χ3n) is 1.77. The largest absolute Gasteiger partial charge is 0.504 e. The van der Waals surface area contributed by atoms with Crippen LogP contribution < -0.4 is 0 Å². The first-order chi connectivity index (χ1) is 5.70. The van der Waals surface area contributed by atoms with Gasteiger partial charge in [-0.1, -0.05) is 0 Å². The molecule has 0 unspecified atom stereocenters. The highest BCUT2D eigenvalue weighted by atomic mass is 16.3. The molecule has 0 aliphatic heterocycles. The highest BCUT2D eigenvalue weighted by Gasteiger charge is 2.08. The molecule has 0 aliphatic rings. The van der Waals surface area contributed by atoms with Crippen LogP contribution in [0.15, 0.2) is 18.3 Å². The second-order valence-electron chi connectivity index (χ2n) is 2.61. The Balaban J connectivity index is 2.95. The summed E-state index contributed by atoms with van der Waals surface area (Å²) in [5.74, 6) is 0.141. The SMILES string of the molecule is Cc1nc2c(O)cccn2c1O. The number of pyridine rings is 1. The maximum Gasteiger partial charge on any atom is 0.219 e. The highest BCUT2D eigenvalue weighted by Crippen LogP contribution is 2.23. The van der Waals surface area contributed by atoms with Gasteiger partial charge in [0.15, 0.2) is 11.4 Å². The molecule has 2 heterocycles. The maximum absolute atomic E-state index is 9.41. The van der Waals surface area contributed by atoms with Gasteiger partial charge in [-0.2, -0.15) is 0 Å². The molecule has 0 aliphatic carbocycles. The molecule has 2 aromatic rings. The summed E-state index contributed by atoms with van der Waals surface area (Å²) in [6.07, 6.45) is 1.64. The van der Waals surface area contributed by atoms with E-state index in [1.165, 1.54) is 10.5 Å². The summed E-state index contributed by atoms with van der Waals surface area (Å²) in [5, 5.41) is 18.7. The van der Waals surface area contributed by atoms with E-state index in [1.54, 1.807) is 19.2 Å². The molecule has 2 aromatic heterocycles. The van der Waals surface area contributed by atoms with E-state index in [9.17, 15) is 10.2 Å². The summed E-state index contributed by atoms with van der Waals surface area (Å²) in [6, 6.07) is 3.17. The Kier molecular flexibility index (Phi) is 1.24. The molecule has 2 N–H and O–H groups in total. The van der Waals surface area contributed by atoms with Crippen molar-refractivity contribution in [2.45, 2.75) is 6.92 Å². The fraction of sp³-hybridized carbons (Fsp3) is 0.125. The van der Waals surface area contributed by atoms with E-state index in [-0.39, 0.29) is 11.6 Å². The minimum absolute atomic E-state index is 0.0703. The van der Waals surface area contributed by atoms with Crippen LogP contribution in [0.3, 0.4) is 0 Å². The molecule has 0 atom stereocenters. The number of aromatic nitrogens is 2. The molecule has 0 amide bonds. The number of imidazole rings is 1. The Morgan fingerprint density at radius 1 is 1.42 bits per heavy atom. The highest BCUT2D eigenvalue weighted by molar-refractivity contribution is 5.56. The van der Waals surface area contributed by atoms with Gasteiger partial charge in [0.05, 0.1) is 0 Å². The van der Waals surface area contributed by atoms with Crippen molar-refractivity contribution in [1.29, 1.82) is 0 Å². The molecule has 0 aromatic carbocycles. The monoisotopic (exact) mass is 164 g/mol. The number of aromatic hydroxyl groups is 2. The fourth-order valence-corrected chi connectivity index (χ4v) is 1.15. The Morgan fingerprint density at radius 2 is 2.17 bits per heavy atom. The molecule has 2 rings (SSSR count). The summed E-state index contributed by atoms with van der Waals surface area (Å²) >= 11 is 0. The molecule has 0 saturated carbocycles. The third-order valence-corrected chi connectivity index (χ3v) is 1.77. The molecule has 62 valence electrons. The molecule has 4 nitrogen and oxygen atoms in total. The first-order valence-corrected chi connectivity index (χ1v) is 3.56. The molecule has 0 bridgehead atoms. The van der Waals surface area contributed by atoms with E-state index < -0.39 is 0 Å².